The van der Waals surface area contributed by atoms with Crippen molar-refractivity contribution in [2.45, 2.75) is 13.2 Å². The van der Waals surface area contributed by atoms with Crippen LogP contribution in [0.25, 0.3) is 0 Å². The van der Waals surface area contributed by atoms with E-state index in [1.54, 1.807) is 19.1 Å². The predicted molar refractivity (Wildman–Crippen MR) is 61.5 cm³/mol. The highest BCUT2D eigenvalue weighted by Gasteiger charge is 2.18. The zero-order valence-corrected chi connectivity index (χ0v) is 9.64. The Morgan fingerprint density at radius 1 is 1.29 bits per heavy atom. The van der Waals surface area contributed by atoms with Crippen molar-refractivity contribution in [3.63, 3.8) is 0 Å². The molecule has 1 aliphatic heterocycles. The Hall–Kier alpha value is -1.65. The van der Waals surface area contributed by atoms with Gasteiger partial charge in [0, 0.05) is 11.1 Å². The van der Waals surface area contributed by atoms with Crippen molar-refractivity contribution in [3.05, 3.63) is 42.0 Å². The normalized spacial score (nSPS) is 15.8. The van der Waals surface area contributed by atoms with E-state index in [-0.39, 0.29) is 6.29 Å². The molecule has 0 atom stereocenters. The number of benzene rings is 1. The van der Waals surface area contributed by atoms with Crippen LogP contribution in [-0.4, -0.2) is 19.2 Å². The van der Waals surface area contributed by atoms with Crippen LogP contribution in [0.1, 0.15) is 18.8 Å². The number of carbonyl (C=O) groups is 1. The summed E-state index contributed by atoms with van der Waals surface area (Å²) in [7, 11) is 0. The van der Waals surface area contributed by atoms with E-state index in [0.717, 1.165) is 5.56 Å². The van der Waals surface area contributed by atoms with Crippen molar-refractivity contribution < 1.29 is 19.0 Å². The maximum atomic E-state index is 11.3. The highest BCUT2D eigenvalue weighted by Crippen LogP contribution is 2.25. The van der Waals surface area contributed by atoms with Crippen molar-refractivity contribution in [1.29, 1.82) is 0 Å². The highest BCUT2D eigenvalue weighted by molar-refractivity contribution is 5.88. The second-order valence-electron chi connectivity index (χ2n) is 3.81. The maximum absolute atomic E-state index is 11.3. The second kappa shape index (κ2) is 5.12. The fourth-order valence-corrected chi connectivity index (χ4v) is 1.44. The van der Waals surface area contributed by atoms with Gasteiger partial charge in [0.15, 0.2) is 6.29 Å². The van der Waals surface area contributed by atoms with Crippen LogP contribution in [0.2, 0.25) is 0 Å². The molecule has 0 aromatic heterocycles. The first kappa shape index (κ1) is 11.8. The molecule has 1 saturated heterocycles. The Labute approximate surface area is 99.8 Å². The Kier molecular flexibility index (Phi) is 3.56. The molecule has 90 valence electrons. The van der Waals surface area contributed by atoms with Crippen LogP contribution in [0.4, 0.5) is 0 Å². The fourth-order valence-electron chi connectivity index (χ4n) is 1.44. The monoisotopic (exact) mass is 234 g/mol. The molecular formula is C13H14O4. The number of hydrogen-bond donors (Lipinski definition) is 0. The van der Waals surface area contributed by atoms with Crippen molar-refractivity contribution in [3.8, 4) is 5.75 Å². The smallest absolute Gasteiger partial charge is 0.338 e. The number of hydrogen-bond acceptors (Lipinski definition) is 4. The molecule has 0 N–H and O–H groups in total. The molecule has 4 heteroatoms. The van der Waals surface area contributed by atoms with Gasteiger partial charge in [-0.15, -0.1) is 0 Å². The molecule has 1 aromatic carbocycles. The predicted octanol–water partition coefficient (Wildman–Crippen LogP) is 2.21. The molecule has 1 aliphatic rings. The molecule has 0 unspecified atom stereocenters. The molecular weight excluding hydrogens is 220 g/mol. The van der Waals surface area contributed by atoms with Gasteiger partial charge in [-0.1, -0.05) is 18.7 Å². The van der Waals surface area contributed by atoms with Crippen LogP contribution in [0.3, 0.4) is 0 Å². The minimum Gasteiger partial charge on any atom is -0.423 e. The molecule has 4 nitrogen and oxygen atoms in total. The zero-order chi connectivity index (χ0) is 12.3. The summed E-state index contributed by atoms with van der Waals surface area (Å²) in [4.78, 5) is 11.3. The first-order valence-corrected chi connectivity index (χ1v) is 5.37. The molecule has 0 bridgehead atoms. The Morgan fingerprint density at radius 3 is 2.41 bits per heavy atom. The Balaban J connectivity index is 2.02. The Bertz CT molecular complexity index is 416. The van der Waals surface area contributed by atoms with Gasteiger partial charge in [-0.2, -0.15) is 0 Å². The third-order valence-corrected chi connectivity index (χ3v) is 2.33. The molecule has 0 spiro atoms. The summed E-state index contributed by atoms with van der Waals surface area (Å²) in [6.07, 6.45) is -0.305. The lowest BCUT2D eigenvalue weighted by Gasteiger charge is -2.10. The van der Waals surface area contributed by atoms with Gasteiger partial charge < -0.3 is 14.2 Å². The first-order chi connectivity index (χ1) is 8.16. The standard InChI is InChI=1S/C13H14O4/c1-9(2)12(14)17-11-5-3-10(4-6-11)13-15-7-8-16-13/h3-6,13H,1,7-8H2,2H3. The van der Waals surface area contributed by atoms with Gasteiger partial charge in [-0.25, -0.2) is 4.79 Å². The molecule has 2 rings (SSSR count). The summed E-state index contributed by atoms with van der Waals surface area (Å²) in [5.74, 6) is 0.0610. The van der Waals surface area contributed by atoms with E-state index < -0.39 is 5.97 Å². The molecule has 0 amide bonds. The van der Waals surface area contributed by atoms with Crippen LogP contribution < -0.4 is 4.74 Å². The summed E-state index contributed by atoms with van der Waals surface area (Å²) in [5.41, 5.74) is 1.29. The lowest BCUT2D eigenvalue weighted by molar-refractivity contribution is -0.130. The van der Waals surface area contributed by atoms with Crippen LogP contribution in [0.15, 0.2) is 36.4 Å². The van der Waals surface area contributed by atoms with Gasteiger partial charge in [0.25, 0.3) is 0 Å². The lowest BCUT2D eigenvalue weighted by Crippen LogP contribution is -2.08. The van der Waals surface area contributed by atoms with Crippen LogP contribution >= 0.6 is 0 Å². The largest absolute Gasteiger partial charge is 0.423 e. The van der Waals surface area contributed by atoms with E-state index in [0.29, 0.717) is 24.5 Å². The van der Waals surface area contributed by atoms with E-state index in [1.807, 2.05) is 12.1 Å². The molecule has 0 saturated carbocycles. The van der Waals surface area contributed by atoms with Crippen molar-refractivity contribution in [2.24, 2.45) is 0 Å². The van der Waals surface area contributed by atoms with Gasteiger partial charge in [0.05, 0.1) is 13.2 Å². The molecule has 0 aliphatic carbocycles. The summed E-state index contributed by atoms with van der Waals surface area (Å²) in [6, 6.07) is 7.05. The minimum atomic E-state index is -0.425. The Morgan fingerprint density at radius 2 is 1.88 bits per heavy atom. The second-order valence-corrected chi connectivity index (χ2v) is 3.81. The molecule has 0 radical (unpaired) electrons. The van der Waals surface area contributed by atoms with E-state index in [4.69, 9.17) is 14.2 Å². The van der Waals surface area contributed by atoms with E-state index >= 15 is 0 Å². The SMILES string of the molecule is C=C(C)C(=O)Oc1ccc(C2OCCO2)cc1. The number of carbonyl (C=O) groups excluding carboxylic acids is 1. The summed E-state index contributed by atoms with van der Waals surface area (Å²) in [6.45, 7) is 6.34. The zero-order valence-electron chi connectivity index (χ0n) is 9.64. The quantitative estimate of drug-likeness (QED) is 0.457. The summed E-state index contributed by atoms with van der Waals surface area (Å²) in [5, 5.41) is 0. The average Bonchev–Trinajstić information content (AvgIpc) is 2.83. The van der Waals surface area contributed by atoms with E-state index in [2.05, 4.69) is 6.58 Å². The number of ether oxygens (including phenoxy) is 3. The number of esters is 1. The van der Waals surface area contributed by atoms with Gasteiger partial charge >= 0.3 is 5.97 Å². The lowest BCUT2D eigenvalue weighted by atomic mass is 10.2. The first-order valence-electron chi connectivity index (χ1n) is 5.37. The van der Waals surface area contributed by atoms with Gasteiger partial charge in [0.1, 0.15) is 5.75 Å². The third kappa shape index (κ3) is 2.93. The van der Waals surface area contributed by atoms with Gasteiger partial charge in [-0.05, 0) is 19.1 Å². The minimum absolute atomic E-state index is 0.305. The average molecular weight is 234 g/mol. The van der Waals surface area contributed by atoms with Crippen LogP contribution in [-0.2, 0) is 14.3 Å². The van der Waals surface area contributed by atoms with Crippen LogP contribution in [0.5, 0.6) is 5.75 Å². The maximum Gasteiger partial charge on any atom is 0.338 e. The molecule has 1 fully saturated rings. The van der Waals surface area contributed by atoms with Gasteiger partial charge in [-0.3, -0.25) is 0 Å². The fraction of sp³-hybridized carbons (Fsp3) is 0.308. The summed E-state index contributed by atoms with van der Waals surface area (Å²) >= 11 is 0. The van der Waals surface area contributed by atoms with Crippen molar-refractivity contribution in [1.82, 2.24) is 0 Å². The van der Waals surface area contributed by atoms with Crippen molar-refractivity contribution >= 4 is 5.97 Å². The van der Waals surface area contributed by atoms with Gasteiger partial charge in [0.2, 0.25) is 0 Å². The van der Waals surface area contributed by atoms with E-state index in [9.17, 15) is 4.79 Å². The molecule has 1 heterocycles. The third-order valence-electron chi connectivity index (χ3n) is 2.33. The molecule has 1 aromatic rings. The molecule has 17 heavy (non-hydrogen) atoms. The van der Waals surface area contributed by atoms with Crippen LogP contribution in [0, 0.1) is 0 Å². The summed E-state index contributed by atoms with van der Waals surface area (Å²) < 4.78 is 15.8. The topological polar surface area (TPSA) is 44.8 Å². The van der Waals surface area contributed by atoms with E-state index in [1.165, 1.54) is 0 Å². The van der Waals surface area contributed by atoms with Crippen molar-refractivity contribution in [2.75, 3.05) is 13.2 Å². The highest BCUT2D eigenvalue weighted by atomic mass is 16.7. The number of rotatable bonds is 3.